The van der Waals surface area contributed by atoms with Gasteiger partial charge in [0.05, 0.1) is 11.5 Å². The monoisotopic (exact) mass is 245 g/mol. The Morgan fingerprint density at radius 3 is 1.53 bits per heavy atom. The summed E-state index contributed by atoms with van der Waals surface area (Å²) in [6, 6.07) is 0. The molecule has 102 valence electrons. The Morgan fingerprint density at radius 1 is 1.06 bits per heavy atom. The van der Waals surface area contributed by atoms with E-state index in [-0.39, 0.29) is 0 Å². The van der Waals surface area contributed by atoms with Gasteiger partial charge in [0.2, 0.25) is 0 Å². The van der Waals surface area contributed by atoms with E-state index in [1.54, 1.807) is 0 Å². The fraction of sp³-hybridized carbons (Fsp3) is 0.833. The molecule has 0 fully saturated rings. The van der Waals surface area contributed by atoms with Crippen LogP contribution < -0.4 is 15.9 Å². The van der Waals surface area contributed by atoms with E-state index in [1.807, 2.05) is 13.8 Å². The zero-order chi connectivity index (χ0) is 13.9. The first-order valence-corrected chi connectivity index (χ1v) is 5.98. The standard InChI is InChI=1S/C10H21NO2.C2H4O2/c1-3-5-7-10(11,9(12)13)8-6-4-2;1-2(3)4/h3-8,11H2,1-2H3,(H,12,13);1H3,(H,3,4)/p-2. The Bertz CT molecular complexity index is 217. The molecular formula is C12H23NO4-2. The quantitative estimate of drug-likeness (QED) is 0.655. The van der Waals surface area contributed by atoms with Crippen LogP contribution in [-0.4, -0.2) is 17.5 Å². The van der Waals surface area contributed by atoms with Crippen molar-refractivity contribution < 1.29 is 19.8 Å². The second-order valence-corrected chi connectivity index (χ2v) is 4.14. The van der Waals surface area contributed by atoms with Gasteiger partial charge in [-0.2, -0.15) is 0 Å². The van der Waals surface area contributed by atoms with Gasteiger partial charge in [-0.25, -0.2) is 0 Å². The Labute approximate surface area is 103 Å². The summed E-state index contributed by atoms with van der Waals surface area (Å²) in [6.07, 6.45) is 4.72. The van der Waals surface area contributed by atoms with Crippen LogP contribution in [0.2, 0.25) is 0 Å². The van der Waals surface area contributed by atoms with Crippen LogP contribution in [0.15, 0.2) is 0 Å². The minimum Gasteiger partial charge on any atom is -0.550 e. The minimum atomic E-state index is -1.10. The van der Waals surface area contributed by atoms with E-state index in [9.17, 15) is 9.90 Å². The predicted octanol–water partition coefficient (Wildman–Crippen LogP) is -0.430. The number of carbonyl (C=O) groups is 2. The summed E-state index contributed by atoms with van der Waals surface area (Å²) < 4.78 is 0. The van der Waals surface area contributed by atoms with Gasteiger partial charge in [-0.3, -0.25) is 0 Å². The van der Waals surface area contributed by atoms with Gasteiger partial charge in [0, 0.05) is 5.97 Å². The van der Waals surface area contributed by atoms with Gasteiger partial charge in [0.1, 0.15) is 0 Å². The maximum absolute atomic E-state index is 10.8. The van der Waals surface area contributed by atoms with Crippen LogP contribution in [0, 0.1) is 0 Å². The summed E-state index contributed by atoms with van der Waals surface area (Å²) in [5, 5.41) is 19.7. The number of hydrogen-bond donors (Lipinski definition) is 1. The van der Waals surface area contributed by atoms with Crippen LogP contribution in [0.4, 0.5) is 0 Å². The molecule has 0 bridgehead atoms. The molecule has 0 heterocycles. The Morgan fingerprint density at radius 2 is 1.35 bits per heavy atom. The molecule has 2 N–H and O–H groups in total. The number of rotatable bonds is 7. The maximum Gasteiger partial charge on any atom is 0.0613 e. The van der Waals surface area contributed by atoms with Crippen LogP contribution in [0.1, 0.15) is 59.3 Å². The third-order valence-corrected chi connectivity index (χ3v) is 2.36. The van der Waals surface area contributed by atoms with Gasteiger partial charge in [0.15, 0.2) is 0 Å². The maximum atomic E-state index is 10.8. The van der Waals surface area contributed by atoms with E-state index in [4.69, 9.17) is 15.6 Å². The zero-order valence-corrected chi connectivity index (χ0v) is 11.0. The summed E-state index contributed by atoms with van der Waals surface area (Å²) in [5.74, 6) is -2.19. The molecule has 0 aliphatic rings. The van der Waals surface area contributed by atoms with E-state index < -0.39 is 17.5 Å². The summed E-state index contributed by atoms with van der Waals surface area (Å²) >= 11 is 0. The summed E-state index contributed by atoms with van der Waals surface area (Å²) in [7, 11) is 0. The lowest BCUT2D eigenvalue weighted by Crippen LogP contribution is -2.55. The van der Waals surface area contributed by atoms with E-state index in [0.29, 0.717) is 12.8 Å². The SMILES string of the molecule is CC(=O)[O-].CCCCC(N)(CCCC)C(=O)[O-]. The van der Waals surface area contributed by atoms with Crippen molar-refractivity contribution in [3.8, 4) is 0 Å². The van der Waals surface area contributed by atoms with Crippen LogP contribution in [0.3, 0.4) is 0 Å². The van der Waals surface area contributed by atoms with Crippen molar-refractivity contribution >= 4 is 11.9 Å². The molecular weight excluding hydrogens is 222 g/mol. The normalized spacial score (nSPS) is 10.4. The molecule has 0 aromatic carbocycles. The van der Waals surface area contributed by atoms with Crippen molar-refractivity contribution in [1.82, 2.24) is 0 Å². The van der Waals surface area contributed by atoms with Gasteiger partial charge in [-0.15, -0.1) is 0 Å². The number of carboxylic acid groups (broad SMARTS) is 2. The molecule has 5 nitrogen and oxygen atoms in total. The second-order valence-electron chi connectivity index (χ2n) is 4.14. The number of unbranched alkanes of at least 4 members (excludes halogenated alkanes) is 2. The summed E-state index contributed by atoms with van der Waals surface area (Å²) in [5.41, 5.74) is 4.66. The summed E-state index contributed by atoms with van der Waals surface area (Å²) in [4.78, 5) is 19.7. The zero-order valence-electron chi connectivity index (χ0n) is 11.0. The fourth-order valence-electron chi connectivity index (χ4n) is 1.31. The van der Waals surface area contributed by atoms with E-state index in [1.165, 1.54) is 0 Å². The molecule has 0 saturated heterocycles. The van der Waals surface area contributed by atoms with Crippen molar-refractivity contribution in [3.05, 3.63) is 0 Å². The van der Waals surface area contributed by atoms with Crippen molar-refractivity contribution in [1.29, 1.82) is 0 Å². The first kappa shape index (κ1) is 18.3. The van der Waals surface area contributed by atoms with E-state index in [0.717, 1.165) is 32.6 Å². The van der Waals surface area contributed by atoms with Crippen LogP contribution in [-0.2, 0) is 9.59 Å². The van der Waals surface area contributed by atoms with E-state index in [2.05, 4.69) is 0 Å². The lowest BCUT2D eigenvalue weighted by molar-refractivity contribution is -0.313. The molecule has 0 aliphatic carbocycles. The van der Waals surface area contributed by atoms with Crippen molar-refractivity contribution in [2.75, 3.05) is 0 Å². The van der Waals surface area contributed by atoms with Crippen molar-refractivity contribution in [3.63, 3.8) is 0 Å². The highest BCUT2D eigenvalue weighted by atomic mass is 16.4. The molecule has 0 aromatic heterocycles. The molecule has 0 atom stereocenters. The van der Waals surface area contributed by atoms with Gasteiger partial charge in [-0.05, 0) is 19.8 Å². The second kappa shape index (κ2) is 10.1. The smallest absolute Gasteiger partial charge is 0.0613 e. The number of hydrogen-bond acceptors (Lipinski definition) is 5. The average Bonchev–Trinajstić information content (AvgIpc) is 2.22. The Hall–Kier alpha value is -1.10. The van der Waals surface area contributed by atoms with Crippen LogP contribution >= 0.6 is 0 Å². The van der Waals surface area contributed by atoms with Gasteiger partial charge in [-0.1, -0.05) is 39.5 Å². The molecule has 0 rings (SSSR count). The Balaban J connectivity index is 0. The van der Waals surface area contributed by atoms with Crippen LogP contribution in [0.5, 0.6) is 0 Å². The lowest BCUT2D eigenvalue weighted by Gasteiger charge is -2.30. The predicted molar refractivity (Wildman–Crippen MR) is 61.7 cm³/mol. The first-order chi connectivity index (χ1) is 7.80. The third-order valence-electron chi connectivity index (χ3n) is 2.36. The average molecular weight is 245 g/mol. The largest absolute Gasteiger partial charge is 0.550 e. The fourth-order valence-corrected chi connectivity index (χ4v) is 1.31. The topological polar surface area (TPSA) is 106 Å². The molecule has 0 aliphatic heterocycles. The molecule has 0 spiro atoms. The first-order valence-electron chi connectivity index (χ1n) is 5.98. The van der Waals surface area contributed by atoms with Gasteiger partial charge in [0.25, 0.3) is 0 Å². The minimum absolute atomic E-state index is 0.534. The highest BCUT2D eigenvalue weighted by Crippen LogP contribution is 2.17. The molecule has 0 aromatic rings. The van der Waals surface area contributed by atoms with Crippen molar-refractivity contribution in [2.45, 2.75) is 64.8 Å². The lowest BCUT2D eigenvalue weighted by atomic mass is 9.88. The van der Waals surface area contributed by atoms with Gasteiger partial charge < -0.3 is 25.5 Å². The summed E-state index contributed by atoms with van der Waals surface area (Å²) in [6.45, 7) is 5.02. The molecule has 0 saturated carbocycles. The van der Waals surface area contributed by atoms with Crippen LogP contribution in [0.25, 0.3) is 0 Å². The third kappa shape index (κ3) is 11.2. The molecule has 0 amide bonds. The Kier molecular flexibility index (Phi) is 10.8. The number of carbonyl (C=O) groups excluding carboxylic acids is 2. The highest BCUT2D eigenvalue weighted by molar-refractivity contribution is 5.76. The molecule has 0 radical (unpaired) electrons. The molecule has 17 heavy (non-hydrogen) atoms. The number of carboxylic acids is 2. The molecule has 5 heteroatoms. The van der Waals surface area contributed by atoms with Gasteiger partial charge >= 0.3 is 0 Å². The highest BCUT2D eigenvalue weighted by Gasteiger charge is 2.24. The number of aliphatic carboxylic acids is 2. The van der Waals surface area contributed by atoms with E-state index >= 15 is 0 Å². The van der Waals surface area contributed by atoms with Crippen molar-refractivity contribution in [2.24, 2.45) is 5.73 Å². The number of nitrogens with two attached hydrogens (primary N) is 1. The molecule has 0 unspecified atom stereocenters.